The zero-order valence-electron chi connectivity index (χ0n) is 19.6. The van der Waals surface area contributed by atoms with Crippen molar-refractivity contribution in [3.8, 4) is 35.2 Å². The van der Waals surface area contributed by atoms with Gasteiger partial charge in [-0.05, 0) is 55.3 Å². The summed E-state index contributed by atoms with van der Waals surface area (Å²) in [5.74, 6) is 3.86. The van der Waals surface area contributed by atoms with Crippen molar-refractivity contribution in [2.45, 2.75) is 20.4 Å². The van der Waals surface area contributed by atoms with Crippen LogP contribution in [-0.2, 0) is 6.54 Å². The average Bonchev–Trinajstić information content (AvgIpc) is 3.22. The molecule has 0 atom stereocenters. The van der Waals surface area contributed by atoms with Gasteiger partial charge in [-0.15, -0.1) is 6.42 Å². The first kappa shape index (κ1) is 20.9. The molecule has 2 aromatic heterocycles. The number of terminal acetylenes is 1. The maximum absolute atomic E-state index is 6.39. The summed E-state index contributed by atoms with van der Waals surface area (Å²) in [6.07, 6.45) is 13.3. The number of hydrogen-bond donors (Lipinski definition) is 1. The summed E-state index contributed by atoms with van der Waals surface area (Å²) in [6.45, 7) is 4.57. The van der Waals surface area contributed by atoms with Gasteiger partial charge in [0.2, 0.25) is 5.88 Å². The molecule has 0 unspecified atom stereocenters. The summed E-state index contributed by atoms with van der Waals surface area (Å²) < 4.78 is 6.39. The summed E-state index contributed by atoms with van der Waals surface area (Å²) in [7, 11) is 2.04. The Morgan fingerprint density at radius 1 is 1.11 bits per heavy atom. The molecule has 35 heavy (non-hydrogen) atoms. The second kappa shape index (κ2) is 7.96. The number of ether oxygens (including phenoxy) is 1. The number of fused-ring (bicyclic) bond motifs is 2. The van der Waals surface area contributed by atoms with Gasteiger partial charge >= 0.3 is 0 Å². The largest absolute Gasteiger partial charge is 0.438 e. The topological polar surface area (TPSA) is 75.5 Å². The quantitative estimate of drug-likeness (QED) is 0.475. The number of rotatable bonds is 3. The molecule has 6 rings (SSSR count). The highest BCUT2D eigenvalue weighted by Crippen LogP contribution is 2.37. The third-order valence-corrected chi connectivity index (χ3v) is 6.37. The highest BCUT2D eigenvalue weighted by atomic mass is 16.5. The van der Waals surface area contributed by atoms with Crippen molar-refractivity contribution in [2.75, 3.05) is 11.9 Å². The lowest BCUT2D eigenvalue weighted by molar-refractivity contribution is 0.458. The van der Waals surface area contributed by atoms with Crippen LogP contribution < -0.4 is 25.6 Å². The number of nitrogens with one attached hydrogen (secondary N) is 1. The fourth-order valence-corrected chi connectivity index (χ4v) is 4.70. The zero-order valence-corrected chi connectivity index (χ0v) is 19.6. The number of aromatic nitrogens is 3. The van der Waals surface area contributed by atoms with Gasteiger partial charge in [0.1, 0.15) is 16.8 Å². The SMILES string of the molecule is C#Cc1cc(C)c(C2=CC=c3c(Oc4cccc(C)n4)cc4c5c(cnc-5c3N2C)=NNC4)cn1. The molecule has 0 spiro atoms. The Hall–Kier alpha value is -4.70. The molecule has 3 aliphatic heterocycles. The van der Waals surface area contributed by atoms with Crippen LogP contribution in [0.2, 0.25) is 0 Å². The third kappa shape index (κ3) is 3.39. The Morgan fingerprint density at radius 2 is 2.00 bits per heavy atom. The predicted molar refractivity (Wildman–Crippen MR) is 135 cm³/mol. The highest BCUT2D eigenvalue weighted by Gasteiger charge is 2.27. The minimum atomic E-state index is 0.544. The molecule has 2 aromatic rings. The van der Waals surface area contributed by atoms with E-state index in [0.717, 1.165) is 55.6 Å². The average molecular weight is 459 g/mol. The van der Waals surface area contributed by atoms with Crippen molar-refractivity contribution in [3.05, 3.63) is 87.5 Å². The van der Waals surface area contributed by atoms with Gasteiger partial charge in [-0.1, -0.05) is 12.0 Å². The fraction of sp³-hybridized carbons (Fsp3) is 0.143. The van der Waals surface area contributed by atoms with E-state index in [0.29, 0.717) is 23.9 Å². The second-order valence-corrected chi connectivity index (χ2v) is 8.64. The highest BCUT2D eigenvalue weighted by molar-refractivity contribution is 5.93. The monoisotopic (exact) mass is 458 g/mol. The number of aryl methyl sites for hydroxylation is 2. The van der Waals surface area contributed by atoms with Gasteiger partial charge in [-0.3, -0.25) is 4.98 Å². The minimum Gasteiger partial charge on any atom is -0.438 e. The van der Waals surface area contributed by atoms with Gasteiger partial charge < -0.3 is 15.1 Å². The number of nitrogens with zero attached hydrogens (tertiary/aromatic N) is 5. The molecule has 0 radical (unpaired) electrons. The van der Waals surface area contributed by atoms with E-state index in [-0.39, 0.29) is 0 Å². The summed E-state index contributed by atoms with van der Waals surface area (Å²) in [4.78, 5) is 15.9. The smallest absolute Gasteiger partial charge is 0.219 e. The van der Waals surface area contributed by atoms with Crippen LogP contribution in [0.3, 0.4) is 0 Å². The van der Waals surface area contributed by atoms with Crippen LogP contribution in [0.15, 0.2) is 53.9 Å². The molecule has 5 heterocycles. The van der Waals surface area contributed by atoms with Crippen molar-refractivity contribution in [1.29, 1.82) is 0 Å². The van der Waals surface area contributed by atoms with Crippen LogP contribution >= 0.6 is 0 Å². The first-order valence-corrected chi connectivity index (χ1v) is 11.3. The van der Waals surface area contributed by atoms with Crippen LogP contribution in [0, 0.1) is 26.2 Å². The summed E-state index contributed by atoms with van der Waals surface area (Å²) >= 11 is 0. The van der Waals surface area contributed by atoms with E-state index < -0.39 is 0 Å². The molecular formula is C28H22N6O. The zero-order chi connectivity index (χ0) is 24.1. The number of pyridine rings is 2. The van der Waals surface area contributed by atoms with E-state index in [4.69, 9.17) is 16.1 Å². The molecule has 0 fully saturated rings. The lowest BCUT2D eigenvalue weighted by atomic mass is 10.0. The van der Waals surface area contributed by atoms with Gasteiger partial charge in [0, 0.05) is 41.4 Å². The van der Waals surface area contributed by atoms with Crippen LogP contribution in [-0.4, -0.2) is 22.0 Å². The van der Waals surface area contributed by atoms with Gasteiger partial charge in [0.25, 0.3) is 0 Å². The summed E-state index contributed by atoms with van der Waals surface area (Å²) in [5.41, 5.74) is 11.6. The molecule has 0 amide bonds. The Morgan fingerprint density at radius 3 is 2.80 bits per heavy atom. The molecule has 170 valence electrons. The Labute approximate surface area is 202 Å². The third-order valence-electron chi connectivity index (χ3n) is 6.37. The molecule has 4 aliphatic rings. The first-order valence-electron chi connectivity index (χ1n) is 11.3. The van der Waals surface area contributed by atoms with Crippen molar-refractivity contribution in [2.24, 2.45) is 5.10 Å². The standard InChI is InChI=1S/C28H22N6O/c1-5-19-11-16(2)21(14-29-19)23-10-9-20-24(35-25-8-6-7-17(3)32-25)12-18-13-31-33-22-15-30-27(26(18)22)28(20)34(23)4/h1,6-12,14-15,31H,13H2,2-4H3. The van der Waals surface area contributed by atoms with Crippen LogP contribution in [0.25, 0.3) is 23.0 Å². The molecular weight excluding hydrogens is 436 g/mol. The molecule has 7 heteroatoms. The van der Waals surface area contributed by atoms with Crippen LogP contribution in [0.5, 0.6) is 11.6 Å². The minimum absolute atomic E-state index is 0.544. The van der Waals surface area contributed by atoms with Crippen molar-refractivity contribution >= 4 is 17.5 Å². The Kier molecular flexibility index (Phi) is 4.75. The number of hydrogen-bond acceptors (Lipinski definition) is 7. The van der Waals surface area contributed by atoms with Crippen molar-refractivity contribution < 1.29 is 4.74 Å². The van der Waals surface area contributed by atoms with E-state index in [1.165, 1.54) is 0 Å². The molecule has 1 N–H and O–H groups in total. The first-order chi connectivity index (χ1) is 17.0. The van der Waals surface area contributed by atoms with E-state index in [1.807, 2.05) is 57.6 Å². The molecule has 1 aliphatic carbocycles. The van der Waals surface area contributed by atoms with Crippen molar-refractivity contribution in [3.63, 3.8) is 0 Å². The van der Waals surface area contributed by atoms with E-state index in [1.54, 1.807) is 0 Å². The maximum Gasteiger partial charge on any atom is 0.219 e. The van der Waals surface area contributed by atoms with Gasteiger partial charge in [-0.2, -0.15) is 5.10 Å². The molecule has 0 bridgehead atoms. The normalized spacial score (nSPS) is 13.7. The van der Waals surface area contributed by atoms with Gasteiger partial charge in [-0.25, -0.2) is 9.97 Å². The fourth-order valence-electron chi connectivity index (χ4n) is 4.70. The Bertz CT molecular complexity index is 1680. The maximum atomic E-state index is 6.39. The second-order valence-electron chi connectivity index (χ2n) is 8.64. The van der Waals surface area contributed by atoms with E-state index in [9.17, 15) is 0 Å². The van der Waals surface area contributed by atoms with E-state index >= 15 is 0 Å². The van der Waals surface area contributed by atoms with E-state index in [2.05, 4.69) is 49.5 Å². The lowest BCUT2D eigenvalue weighted by Gasteiger charge is -2.27. The molecule has 7 nitrogen and oxygen atoms in total. The lowest BCUT2D eigenvalue weighted by Crippen LogP contribution is -2.27. The number of allylic oxidation sites excluding steroid dienone is 1. The Balaban J connectivity index is 1.61. The predicted octanol–water partition coefficient (Wildman–Crippen LogP) is 3.28. The van der Waals surface area contributed by atoms with Crippen LogP contribution in [0.1, 0.15) is 28.1 Å². The van der Waals surface area contributed by atoms with Crippen LogP contribution in [0.4, 0.5) is 5.69 Å². The van der Waals surface area contributed by atoms with Gasteiger partial charge in [0.05, 0.1) is 29.8 Å². The molecule has 0 saturated heterocycles. The molecule has 0 saturated carbocycles. The van der Waals surface area contributed by atoms with Gasteiger partial charge in [0.15, 0.2) is 0 Å². The summed E-state index contributed by atoms with van der Waals surface area (Å²) in [6, 6.07) is 9.75. The summed E-state index contributed by atoms with van der Waals surface area (Å²) in [5, 5.41) is 6.21. The number of anilines is 1. The molecule has 0 aromatic carbocycles. The van der Waals surface area contributed by atoms with Crippen molar-refractivity contribution in [1.82, 2.24) is 20.4 Å².